The Balaban J connectivity index is 2.77. The molecule has 0 radical (unpaired) electrons. The Labute approximate surface area is 138 Å². The van der Waals surface area contributed by atoms with Gasteiger partial charge in [0.2, 0.25) is 27.7 Å². The summed E-state index contributed by atoms with van der Waals surface area (Å²) in [5.74, 6) is 0.0854. The van der Waals surface area contributed by atoms with E-state index in [4.69, 9.17) is 9.47 Å². The van der Waals surface area contributed by atoms with Crippen LogP contribution < -0.4 is 25.0 Å². The van der Waals surface area contributed by atoms with Crippen molar-refractivity contribution in [2.75, 3.05) is 32.9 Å². The van der Waals surface area contributed by atoms with Gasteiger partial charge in [0.05, 0.1) is 26.5 Å². The van der Waals surface area contributed by atoms with E-state index >= 15 is 0 Å². The summed E-state index contributed by atoms with van der Waals surface area (Å²) < 4.78 is 57.0. The predicted molar refractivity (Wildman–Crippen MR) is 82.0 cm³/mol. The molecule has 0 aliphatic carbocycles. The number of anilines is 1. The minimum Gasteiger partial charge on any atom is -0.481 e. The van der Waals surface area contributed by atoms with Gasteiger partial charge >= 0.3 is 16.2 Å². The number of rotatable bonds is 7. The minimum atomic E-state index is -4.59. The van der Waals surface area contributed by atoms with Crippen LogP contribution in [0.2, 0.25) is 0 Å². The second-order valence-corrected chi connectivity index (χ2v) is 8.05. The number of nitrogens with one attached hydrogen (secondary N) is 3. The SMILES string of the molecule is COc1cc(OC)nc(NNC(=O)NS(=O)(=O)N(C)S(C)(=O)=O)n1. The smallest absolute Gasteiger partial charge is 0.348 e. The average Bonchev–Trinajstić information content (AvgIpc) is 2.50. The number of sulfonamides is 1. The van der Waals surface area contributed by atoms with Crippen LogP contribution in [-0.4, -0.2) is 64.1 Å². The summed E-state index contributed by atoms with van der Waals surface area (Å²) in [4.78, 5) is 19.2. The van der Waals surface area contributed by atoms with Gasteiger partial charge in [-0.15, -0.1) is 0 Å². The molecule has 0 fully saturated rings. The van der Waals surface area contributed by atoms with Gasteiger partial charge in [0.15, 0.2) is 0 Å². The maximum absolute atomic E-state index is 11.7. The zero-order chi connectivity index (χ0) is 18.5. The first-order valence-electron chi connectivity index (χ1n) is 5.99. The van der Waals surface area contributed by atoms with Gasteiger partial charge in [-0.05, 0) is 0 Å². The van der Waals surface area contributed by atoms with E-state index < -0.39 is 26.3 Å². The molecule has 15 heteroatoms. The van der Waals surface area contributed by atoms with Crippen molar-refractivity contribution in [1.29, 1.82) is 0 Å². The highest BCUT2D eigenvalue weighted by Crippen LogP contribution is 2.16. The van der Waals surface area contributed by atoms with Crippen molar-refractivity contribution in [3.8, 4) is 11.8 Å². The zero-order valence-electron chi connectivity index (χ0n) is 13.1. The third-order valence-corrected chi connectivity index (χ3v) is 5.87. The first-order valence-corrected chi connectivity index (χ1v) is 9.28. The summed E-state index contributed by atoms with van der Waals surface area (Å²) in [6, 6.07) is 0.104. The molecule has 0 aliphatic rings. The average molecular weight is 384 g/mol. The lowest BCUT2D eigenvalue weighted by atomic mass is 10.6. The lowest BCUT2D eigenvalue weighted by Crippen LogP contribution is -2.48. The molecule has 3 N–H and O–H groups in total. The third-order valence-electron chi connectivity index (χ3n) is 2.41. The summed E-state index contributed by atoms with van der Waals surface area (Å²) in [5, 5.41) is 0. The quantitative estimate of drug-likeness (QED) is 0.458. The normalized spacial score (nSPS) is 11.7. The summed E-state index contributed by atoms with van der Waals surface area (Å²) in [5.41, 5.74) is 4.14. The standard InChI is InChI=1S/C9H16N6O7S2/c1-15(23(4,17)18)24(19,20)14-9(16)13-12-8-10-6(21-2)5-7(11-8)22-3/h5H,1-4H3,(H,10,11,12)(H2,13,14,16). The fourth-order valence-electron chi connectivity index (χ4n) is 1.17. The van der Waals surface area contributed by atoms with E-state index in [1.54, 1.807) is 0 Å². The van der Waals surface area contributed by atoms with Gasteiger partial charge < -0.3 is 9.47 Å². The maximum Gasteiger partial charge on any atom is 0.348 e. The molecule has 24 heavy (non-hydrogen) atoms. The van der Waals surface area contributed by atoms with Crippen molar-refractivity contribution in [3.63, 3.8) is 0 Å². The number of nitrogens with zero attached hydrogens (tertiary/aromatic N) is 3. The maximum atomic E-state index is 11.7. The van der Waals surface area contributed by atoms with Gasteiger partial charge in [-0.1, -0.05) is 3.71 Å². The van der Waals surface area contributed by atoms with Gasteiger partial charge in [-0.3, -0.25) is 5.43 Å². The number of amides is 2. The minimum absolute atomic E-state index is 0.00462. The van der Waals surface area contributed by atoms with Gasteiger partial charge in [0, 0.05) is 7.05 Å². The van der Waals surface area contributed by atoms with Crippen LogP contribution in [0.1, 0.15) is 0 Å². The van der Waals surface area contributed by atoms with Crippen LogP contribution in [-0.2, 0) is 20.2 Å². The predicted octanol–water partition coefficient (Wildman–Crippen LogP) is -1.74. The van der Waals surface area contributed by atoms with Gasteiger partial charge in [0.1, 0.15) is 0 Å². The summed E-state index contributed by atoms with van der Waals surface area (Å²) in [6.07, 6.45) is 0.665. The molecular weight excluding hydrogens is 368 g/mol. The molecule has 136 valence electrons. The molecule has 1 heterocycles. The Morgan fingerprint density at radius 1 is 1.12 bits per heavy atom. The number of methoxy groups -OCH3 is 2. The Kier molecular flexibility index (Phi) is 6.10. The fourth-order valence-corrected chi connectivity index (χ4v) is 3.12. The molecule has 0 unspecified atom stereocenters. The van der Waals surface area contributed by atoms with E-state index in [0.717, 1.165) is 7.05 Å². The number of hydrazine groups is 1. The van der Waals surface area contributed by atoms with E-state index in [0.29, 0.717) is 6.26 Å². The van der Waals surface area contributed by atoms with Crippen LogP contribution in [0.25, 0.3) is 0 Å². The lowest BCUT2D eigenvalue weighted by molar-refractivity contribution is 0.247. The largest absolute Gasteiger partial charge is 0.481 e. The van der Waals surface area contributed by atoms with Crippen molar-refractivity contribution in [3.05, 3.63) is 6.07 Å². The van der Waals surface area contributed by atoms with E-state index in [1.807, 2.05) is 5.43 Å². The molecule has 0 aromatic carbocycles. The molecule has 2 amide bonds. The monoisotopic (exact) mass is 384 g/mol. The Morgan fingerprint density at radius 2 is 1.62 bits per heavy atom. The first kappa shape index (κ1) is 19.7. The molecule has 0 saturated heterocycles. The fraction of sp³-hybridized carbons (Fsp3) is 0.444. The zero-order valence-corrected chi connectivity index (χ0v) is 14.7. The van der Waals surface area contributed by atoms with Crippen LogP contribution in [0.3, 0.4) is 0 Å². The number of hydrogen-bond donors (Lipinski definition) is 3. The molecular formula is C9H16N6O7S2. The molecule has 1 aromatic rings. The number of carbonyl (C=O) groups excluding carboxylic acids is 1. The van der Waals surface area contributed by atoms with Crippen molar-refractivity contribution in [1.82, 2.24) is 23.8 Å². The molecule has 0 atom stereocenters. The van der Waals surface area contributed by atoms with Crippen LogP contribution in [0.5, 0.6) is 11.8 Å². The second-order valence-electron chi connectivity index (χ2n) is 4.11. The van der Waals surface area contributed by atoms with Crippen LogP contribution in [0, 0.1) is 0 Å². The Hall–Kier alpha value is -2.39. The topological polar surface area (TPSA) is 169 Å². The van der Waals surface area contributed by atoms with Gasteiger partial charge in [0.25, 0.3) is 0 Å². The van der Waals surface area contributed by atoms with Crippen molar-refractivity contribution in [2.45, 2.75) is 0 Å². The Morgan fingerprint density at radius 3 is 2.04 bits per heavy atom. The molecule has 0 spiro atoms. The van der Waals surface area contributed by atoms with Gasteiger partial charge in [-0.25, -0.2) is 23.4 Å². The first-order chi connectivity index (χ1) is 11.0. The second kappa shape index (κ2) is 7.45. The summed E-state index contributed by atoms with van der Waals surface area (Å²) >= 11 is 0. The van der Waals surface area contributed by atoms with Crippen molar-refractivity contribution >= 4 is 32.2 Å². The molecule has 1 rings (SSSR count). The molecule has 13 nitrogen and oxygen atoms in total. The number of urea groups is 1. The summed E-state index contributed by atoms with van der Waals surface area (Å²) in [6.45, 7) is 0. The lowest BCUT2D eigenvalue weighted by Gasteiger charge is -2.15. The van der Waals surface area contributed by atoms with Crippen LogP contribution in [0.15, 0.2) is 6.07 Å². The highest BCUT2D eigenvalue weighted by Gasteiger charge is 2.28. The highest BCUT2D eigenvalue weighted by molar-refractivity contribution is 8.03. The number of carbonyl (C=O) groups is 1. The van der Waals surface area contributed by atoms with E-state index in [2.05, 4.69) is 15.4 Å². The number of hydrogen-bond acceptors (Lipinski definition) is 10. The summed E-state index contributed by atoms with van der Waals surface area (Å²) in [7, 11) is -5.20. The van der Waals surface area contributed by atoms with E-state index in [9.17, 15) is 21.6 Å². The molecule has 0 saturated carbocycles. The number of ether oxygens (including phenoxy) is 2. The van der Waals surface area contributed by atoms with E-state index in [-0.39, 0.29) is 21.4 Å². The van der Waals surface area contributed by atoms with Crippen LogP contribution in [0.4, 0.5) is 10.7 Å². The van der Waals surface area contributed by atoms with Crippen molar-refractivity contribution < 1.29 is 31.1 Å². The Bertz CT molecular complexity index is 787. The third kappa shape index (κ3) is 5.36. The molecule has 0 aliphatic heterocycles. The van der Waals surface area contributed by atoms with Crippen LogP contribution >= 0.6 is 0 Å². The highest BCUT2D eigenvalue weighted by atomic mass is 32.3. The van der Waals surface area contributed by atoms with Crippen molar-refractivity contribution in [2.24, 2.45) is 0 Å². The van der Waals surface area contributed by atoms with E-state index in [1.165, 1.54) is 25.0 Å². The molecule has 1 aromatic heterocycles. The number of aromatic nitrogens is 2. The molecule has 0 bridgehead atoms. The van der Waals surface area contributed by atoms with Gasteiger partial charge in [-0.2, -0.15) is 18.4 Å².